The first-order valence-corrected chi connectivity index (χ1v) is 13.5. The average Bonchev–Trinajstić information content (AvgIpc) is 3.65. The van der Waals surface area contributed by atoms with E-state index in [1.165, 1.54) is 40.0 Å². The van der Waals surface area contributed by atoms with Crippen molar-refractivity contribution in [3.8, 4) is 11.5 Å². The Morgan fingerprint density at radius 1 is 1.08 bits per heavy atom. The second-order valence-electron chi connectivity index (χ2n) is 9.86. The fourth-order valence-electron chi connectivity index (χ4n) is 6.43. The van der Waals surface area contributed by atoms with Crippen LogP contribution in [0.4, 0.5) is 10.1 Å². The van der Waals surface area contributed by atoms with Crippen LogP contribution >= 0.6 is 24.0 Å². The highest BCUT2D eigenvalue weighted by atomic mass is 32.2. The molecule has 3 aliphatic heterocycles. The van der Waals surface area contributed by atoms with Crippen LogP contribution < -0.4 is 14.4 Å². The summed E-state index contributed by atoms with van der Waals surface area (Å²) in [6, 6.07) is 13.3. The third-order valence-electron chi connectivity index (χ3n) is 8.12. The molecule has 2 fully saturated rings. The van der Waals surface area contributed by atoms with Gasteiger partial charge in [-0.2, -0.15) is 0 Å². The van der Waals surface area contributed by atoms with Gasteiger partial charge in [-0.25, -0.2) is 4.39 Å². The molecule has 3 aliphatic rings. The first kappa shape index (κ1) is 25.8. The van der Waals surface area contributed by atoms with E-state index in [1.807, 2.05) is 17.0 Å². The highest BCUT2D eigenvalue weighted by molar-refractivity contribution is 8.25. The predicted octanol–water partition coefficient (Wildman–Crippen LogP) is 4.14. The molecule has 3 aromatic rings. The van der Waals surface area contributed by atoms with Crippen LogP contribution in [0.1, 0.15) is 22.8 Å². The first-order chi connectivity index (χ1) is 18.7. The van der Waals surface area contributed by atoms with Crippen LogP contribution in [0.25, 0.3) is 0 Å². The number of rotatable bonds is 5. The maximum atomic E-state index is 14.8. The average molecular weight is 568 g/mol. The maximum Gasteiger partial charge on any atom is 0.254 e. The van der Waals surface area contributed by atoms with Gasteiger partial charge in [-0.3, -0.25) is 19.4 Å². The molecule has 0 radical (unpaired) electrons. The molecule has 1 aromatic heterocycles. The molecule has 202 valence electrons. The van der Waals surface area contributed by atoms with Crippen molar-refractivity contribution in [1.82, 2.24) is 9.80 Å². The number of ether oxygens (including phenoxy) is 2. The number of nitrogens with zero attached hydrogens (tertiary/aromatic N) is 3. The number of likely N-dealkylation sites (tertiary alicyclic amines) is 1. The fraction of sp³-hybridized carbons (Fsp3) is 0.321. The van der Waals surface area contributed by atoms with Crippen LogP contribution in [-0.2, 0) is 21.7 Å². The highest BCUT2D eigenvalue weighted by Gasteiger charge is 2.78. The summed E-state index contributed by atoms with van der Waals surface area (Å²) in [6.07, 6.45) is 1.54. The zero-order valence-corrected chi connectivity index (χ0v) is 23.4. The summed E-state index contributed by atoms with van der Waals surface area (Å²) < 4.78 is 30.3. The Kier molecular flexibility index (Phi) is 6.01. The molecule has 2 saturated heterocycles. The fourth-order valence-corrected chi connectivity index (χ4v) is 8.56. The number of thioether (sulfide) groups is 1. The van der Waals surface area contributed by atoms with Gasteiger partial charge in [-0.1, -0.05) is 30.0 Å². The summed E-state index contributed by atoms with van der Waals surface area (Å²) >= 11 is 7.00. The quantitative estimate of drug-likeness (QED) is 0.426. The molecule has 0 N–H and O–H groups in total. The molecule has 2 spiro atoms. The predicted molar refractivity (Wildman–Crippen MR) is 149 cm³/mol. The number of benzene rings is 2. The number of furan rings is 1. The number of hydrogen-bond donors (Lipinski definition) is 0. The van der Waals surface area contributed by atoms with Crippen molar-refractivity contribution in [2.24, 2.45) is 0 Å². The number of likely N-dealkylation sites (N-methyl/N-ethyl adjacent to an activating group) is 2. The second kappa shape index (κ2) is 9.07. The molecule has 8 nitrogen and oxygen atoms in total. The van der Waals surface area contributed by atoms with E-state index in [9.17, 15) is 14.0 Å². The first-order valence-electron chi connectivity index (χ1n) is 12.3. The standard InChI is InChI=1S/C28H26FN3O5S2/c1-30-15-20(16-7-10-22(35-3)23(12-16)36-4)28(25(34)32(26(38)39-28)14-18-6-5-11-37-18)27(30)19-13-17(29)8-9-21(19)31(2)24(27)33/h5-13,20H,14-15H2,1-4H3. The Bertz CT molecular complexity index is 1510. The minimum Gasteiger partial charge on any atom is -0.493 e. The topological polar surface area (TPSA) is 75.5 Å². The molecule has 11 heteroatoms. The number of methoxy groups -OCH3 is 2. The lowest BCUT2D eigenvalue weighted by atomic mass is 9.72. The Morgan fingerprint density at radius 2 is 1.85 bits per heavy atom. The normalized spacial score (nSPS) is 26.4. The number of hydrogen-bond acceptors (Lipinski definition) is 8. The van der Waals surface area contributed by atoms with Crippen LogP contribution in [0.3, 0.4) is 0 Å². The number of anilines is 1. The molecule has 39 heavy (non-hydrogen) atoms. The summed E-state index contributed by atoms with van der Waals surface area (Å²) in [7, 11) is 6.56. The molecule has 0 aliphatic carbocycles. The summed E-state index contributed by atoms with van der Waals surface area (Å²) in [4.78, 5) is 34.1. The van der Waals surface area contributed by atoms with Gasteiger partial charge in [-0.05, 0) is 55.1 Å². The highest BCUT2D eigenvalue weighted by Crippen LogP contribution is 2.67. The minimum absolute atomic E-state index is 0.123. The van der Waals surface area contributed by atoms with Gasteiger partial charge in [0.1, 0.15) is 20.6 Å². The SMILES string of the molecule is COc1ccc(C2CN(C)C3(C(=O)N(C)c4ccc(F)cc43)C23SC(=S)N(Cc2ccco2)C3=O)cc1OC. The van der Waals surface area contributed by atoms with E-state index < -0.39 is 22.0 Å². The van der Waals surface area contributed by atoms with E-state index >= 15 is 0 Å². The number of thiocarbonyl (C=S) groups is 1. The van der Waals surface area contributed by atoms with Crippen molar-refractivity contribution in [2.45, 2.75) is 22.7 Å². The molecule has 2 amide bonds. The lowest BCUT2D eigenvalue weighted by Crippen LogP contribution is -2.62. The van der Waals surface area contributed by atoms with Gasteiger partial charge in [0, 0.05) is 30.8 Å². The van der Waals surface area contributed by atoms with Gasteiger partial charge in [0.15, 0.2) is 17.0 Å². The van der Waals surface area contributed by atoms with Gasteiger partial charge < -0.3 is 18.8 Å². The van der Waals surface area contributed by atoms with Crippen molar-refractivity contribution in [3.05, 3.63) is 77.5 Å². The molecular formula is C28H26FN3O5S2. The van der Waals surface area contributed by atoms with Crippen LogP contribution in [0.15, 0.2) is 59.2 Å². The molecule has 4 heterocycles. The Morgan fingerprint density at radius 3 is 2.54 bits per heavy atom. The Labute approximate surface area is 234 Å². The van der Waals surface area contributed by atoms with Gasteiger partial charge in [0.25, 0.3) is 5.91 Å². The smallest absolute Gasteiger partial charge is 0.254 e. The zero-order chi connectivity index (χ0) is 27.7. The second-order valence-corrected chi connectivity index (χ2v) is 11.7. The zero-order valence-electron chi connectivity index (χ0n) is 21.8. The van der Waals surface area contributed by atoms with Crippen LogP contribution in [-0.4, -0.2) is 65.5 Å². The van der Waals surface area contributed by atoms with Gasteiger partial charge in [0.05, 0.1) is 27.0 Å². The van der Waals surface area contributed by atoms with E-state index in [2.05, 4.69) is 0 Å². The lowest BCUT2D eigenvalue weighted by molar-refractivity contribution is -0.139. The lowest BCUT2D eigenvalue weighted by Gasteiger charge is -2.42. The number of fused-ring (bicyclic) bond motifs is 3. The number of amides is 2. The summed E-state index contributed by atoms with van der Waals surface area (Å²) in [5, 5.41) is 0. The van der Waals surface area contributed by atoms with Crippen molar-refractivity contribution in [1.29, 1.82) is 0 Å². The molecule has 3 unspecified atom stereocenters. The van der Waals surface area contributed by atoms with Gasteiger partial charge >= 0.3 is 0 Å². The van der Waals surface area contributed by atoms with Crippen molar-refractivity contribution in [3.63, 3.8) is 0 Å². The Hall–Kier alpha value is -3.41. The maximum absolute atomic E-state index is 14.8. The number of halogens is 1. The van der Waals surface area contributed by atoms with E-state index in [1.54, 1.807) is 52.6 Å². The van der Waals surface area contributed by atoms with Crippen LogP contribution in [0.5, 0.6) is 11.5 Å². The molecule has 0 saturated carbocycles. The summed E-state index contributed by atoms with van der Waals surface area (Å²) in [6.45, 7) is 0.457. The largest absolute Gasteiger partial charge is 0.493 e. The molecule has 0 bridgehead atoms. The molecular weight excluding hydrogens is 541 g/mol. The third-order valence-corrected chi connectivity index (χ3v) is 10.1. The Balaban J connectivity index is 1.61. The third kappa shape index (κ3) is 3.30. The van der Waals surface area contributed by atoms with Crippen molar-refractivity contribution in [2.75, 3.05) is 39.8 Å². The van der Waals surface area contributed by atoms with Gasteiger partial charge in [0.2, 0.25) is 5.91 Å². The van der Waals surface area contributed by atoms with E-state index in [-0.39, 0.29) is 18.4 Å². The number of carbonyl (C=O) groups excluding carboxylic acids is 2. The van der Waals surface area contributed by atoms with E-state index in [4.69, 9.17) is 26.1 Å². The summed E-state index contributed by atoms with van der Waals surface area (Å²) in [5.74, 6) is -0.0196. The number of carbonyl (C=O) groups is 2. The molecule has 6 rings (SSSR count). The van der Waals surface area contributed by atoms with Crippen LogP contribution in [0.2, 0.25) is 0 Å². The van der Waals surface area contributed by atoms with E-state index in [0.717, 1.165) is 5.56 Å². The van der Waals surface area contributed by atoms with Crippen LogP contribution in [0, 0.1) is 5.82 Å². The van der Waals surface area contributed by atoms with Crippen molar-refractivity contribution < 1.29 is 27.9 Å². The molecule has 3 atom stereocenters. The monoisotopic (exact) mass is 567 g/mol. The van der Waals surface area contributed by atoms with Gasteiger partial charge in [-0.15, -0.1) is 0 Å². The minimum atomic E-state index is -1.51. The summed E-state index contributed by atoms with van der Waals surface area (Å²) in [5.41, 5.74) is 0.273. The molecule has 2 aromatic carbocycles. The van der Waals surface area contributed by atoms with E-state index in [0.29, 0.717) is 39.4 Å². The van der Waals surface area contributed by atoms with Crippen molar-refractivity contribution >= 4 is 45.8 Å².